The second-order valence-electron chi connectivity index (χ2n) is 5.76. The first-order chi connectivity index (χ1) is 11.7. The van der Waals surface area contributed by atoms with Crippen molar-refractivity contribution in [2.75, 3.05) is 19.0 Å². The van der Waals surface area contributed by atoms with E-state index in [0.717, 1.165) is 46.8 Å². The Hall–Kier alpha value is -2.75. The van der Waals surface area contributed by atoms with Gasteiger partial charge in [0.2, 0.25) is 0 Å². The van der Waals surface area contributed by atoms with Crippen LogP contribution in [0.3, 0.4) is 0 Å². The number of allylic oxidation sites excluding steroid dienone is 1. The summed E-state index contributed by atoms with van der Waals surface area (Å²) < 4.78 is 7.31. The number of imidazole rings is 1. The molecule has 0 unspecified atom stereocenters. The molecule has 0 saturated carbocycles. The highest BCUT2D eigenvalue weighted by Crippen LogP contribution is 2.29. The van der Waals surface area contributed by atoms with Gasteiger partial charge in [0, 0.05) is 24.8 Å². The van der Waals surface area contributed by atoms with Crippen molar-refractivity contribution >= 4 is 16.7 Å². The molecule has 0 atom stereocenters. The third-order valence-corrected chi connectivity index (χ3v) is 4.17. The Morgan fingerprint density at radius 2 is 1.92 bits per heavy atom. The van der Waals surface area contributed by atoms with Crippen molar-refractivity contribution in [2.24, 2.45) is 7.05 Å². The lowest BCUT2D eigenvalue weighted by Gasteiger charge is -2.11. The van der Waals surface area contributed by atoms with Crippen LogP contribution in [0.5, 0.6) is 0 Å². The number of benzene rings is 2. The Labute approximate surface area is 142 Å². The lowest BCUT2D eigenvalue weighted by molar-refractivity contribution is 0.292. The summed E-state index contributed by atoms with van der Waals surface area (Å²) in [5.74, 6) is 1.92. The molecule has 0 aliphatic heterocycles. The van der Waals surface area contributed by atoms with E-state index >= 15 is 0 Å². The number of hydrogen-bond acceptors (Lipinski definition) is 3. The Balaban J connectivity index is 1.87. The van der Waals surface area contributed by atoms with Crippen molar-refractivity contribution < 1.29 is 4.74 Å². The highest BCUT2D eigenvalue weighted by molar-refractivity contribution is 5.84. The van der Waals surface area contributed by atoms with E-state index < -0.39 is 0 Å². The molecule has 3 rings (SSSR count). The maximum atomic E-state index is 5.16. The number of nitrogens with zero attached hydrogens (tertiary/aromatic N) is 2. The summed E-state index contributed by atoms with van der Waals surface area (Å²) in [6.07, 6.45) is 3.00. The molecular formula is C20H23N3O. The van der Waals surface area contributed by atoms with Crippen molar-refractivity contribution in [1.82, 2.24) is 9.55 Å². The number of fused-ring (bicyclic) bond motifs is 1. The Morgan fingerprint density at radius 1 is 1.17 bits per heavy atom. The zero-order chi connectivity index (χ0) is 16.9. The summed E-state index contributed by atoms with van der Waals surface area (Å²) in [7, 11) is 3.76. The molecular weight excluding hydrogens is 298 g/mol. The average molecular weight is 321 g/mol. The molecule has 0 bridgehead atoms. The van der Waals surface area contributed by atoms with Gasteiger partial charge in [-0.2, -0.15) is 0 Å². The zero-order valence-corrected chi connectivity index (χ0v) is 14.4. The Bertz CT molecular complexity index is 864. The second-order valence-corrected chi connectivity index (χ2v) is 5.76. The number of hydrogen-bond donors (Lipinski definition) is 1. The third kappa shape index (κ3) is 3.27. The van der Waals surface area contributed by atoms with E-state index in [1.165, 1.54) is 0 Å². The van der Waals surface area contributed by atoms with Gasteiger partial charge < -0.3 is 14.6 Å². The largest absolute Gasteiger partial charge is 0.502 e. The van der Waals surface area contributed by atoms with Crippen molar-refractivity contribution in [3.05, 3.63) is 60.4 Å². The molecule has 0 fully saturated rings. The number of nitrogens with one attached hydrogen (secondary N) is 1. The molecule has 4 heteroatoms. The molecule has 0 radical (unpaired) electrons. The smallest absolute Gasteiger partial charge is 0.142 e. The number of anilines is 1. The minimum Gasteiger partial charge on any atom is -0.502 e. The minimum atomic E-state index is 0.849. The van der Waals surface area contributed by atoms with Gasteiger partial charge in [-0.15, -0.1) is 0 Å². The third-order valence-electron chi connectivity index (χ3n) is 4.17. The summed E-state index contributed by atoms with van der Waals surface area (Å²) >= 11 is 0. The number of aromatic nitrogens is 2. The number of rotatable bonds is 6. The van der Waals surface area contributed by atoms with Crippen LogP contribution in [0.15, 0.2) is 60.4 Å². The normalized spacial score (nSPS) is 11.7. The van der Waals surface area contributed by atoms with Gasteiger partial charge in [0.05, 0.1) is 23.9 Å². The van der Waals surface area contributed by atoms with E-state index in [1.54, 1.807) is 7.11 Å². The fourth-order valence-electron chi connectivity index (χ4n) is 2.78. The molecule has 0 aliphatic rings. The standard InChI is InChI=1S/C20H23N3O/c1-15(24-3)9-8-14-21-17-11-5-4-10-16(17)20-22-18-12-6-7-13-19(18)23(20)2/h4-7,9-13,21H,8,14H2,1-3H3/b15-9+. The molecule has 24 heavy (non-hydrogen) atoms. The highest BCUT2D eigenvalue weighted by atomic mass is 16.5. The topological polar surface area (TPSA) is 39.1 Å². The van der Waals surface area contributed by atoms with Crippen LogP contribution >= 0.6 is 0 Å². The predicted octanol–water partition coefficient (Wildman–Crippen LogP) is 4.59. The fourth-order valence-corrected chi connectivity index (χ4v) is 2.78. The zero-order valence-electron chi connectivity index (χ0n) is 14.4. The van der Waals surface area contributed by atoms with E-state index in [0.29, 0.717) is 0 Å². The summed E-state index contributed by atoms with van der Waals surface area (Å²) in [5.41, 5.74) is 4.37. The van der Waals surface area contributed by atoms with Crippen molar-refractivity contribution in [3.8, 4) is 11.4 Å². The molecule has 1 heterocycles. The molecule has 0 spiro atoms. The van der Waals surface area contributed by atoms with Gasteiger partial charge in [-0.1, -0.05) is 24.3 Å². The number of aryl methyl sites for hydroxylation is 1. The summed E-state index contributed by atoms with van der Waals surface area (Å²) in [5, 5.41) is 3.51. The van der Waals surface area contributed by atoms with E-state index in [4.69, 9.17) is 9.72 Å². The van der Waals surface area contributed by atoms with Crippen LogP contribution in [-0.2, 0) is 11.8 Å². The van der Waals surface area contributed by atoms with Crippen molar-refractivity contribution in [1.29, 1.82) is 0 Å². The first-order valence-corrected chi connectivity index (χ1v) is 8.16. The van der Waals surface area contributed by atoms with E-state index in [1.807, 2.05) is 31.2 Å². The first-order valence-electron chi connectivity index (χ1n) is 8.16. The molecule has 124 valence electrons. The molecule has 0 aliphatic carbocycles. The van der Waals surface area contributed by atoms with Gasteiger partial charge in [0.25, 0.3) is 0 Å². The van der Waals surface area contributed by atoms with Crippen LogP contribution in [0.25, 0.3) is 22.4 Å². The van der Waals surface area contributed by atoms with Crippen LogP contribution in [0, 0.1) is 0 Å². The van der Waals surface area contributed by atoms with Gasteiger partial charge in [-0.25, -0.2) is 4.98 Å². The van der Waals surface area contributed by atoms with Crippen LogP contribution in [0.4, 0.5) is 5.69 Å². The van der Waals surface area contributed by atoms with E-state index in [-0.39, 0.29) is 0 Å². The average Bonchev–Trinajstić information content (AvgIpc) is 2.96. The quantitative estimate of drug-likeness (QED) is 0.533. The first kappa shape index (κ1) is 16.1. The van der Waals surface area contributed by atoms with Crippen LogP contribution < -0.4 is 5.32 Å². The summed E-state index contributed by atoms with van der Waals surface area (Å²) in [6, 6.07) is 16.5. The van der Waals surface area contributed by atoms with Crippen LogP contribution in [0.1, 0.15) is 13.3 Å². The van der Waals surface area contributed by atoms with Gasteiger partial charge >= 0.3 is 0 Å². The summed E-state index contributed by atoms with van der Waals surface area (Å²) in [4.78, 5) is 4.80. The van der Waals surface area contributed by atoms with Gasteiger partial charge in [-0.05, 0) is 43.7 Å². The van der Waals surface area contributed by atoms with Gasteiger partial charge in [0.1, 0.15) is 5.82 Å². The predicted molar refractivity (Wildman–Crippen MR) is 100 cm³/mol. The maximum absolute atomic E-state index is 5.16. The SMILES string of the molecule is CO/C(C)=C/CCNc1ccccc1-c1nc2ccccc2n1C. The number of para-hydroxylation sites is 3. The minimum absolute atomic E-state index is 0.849. The summed E-state index contributed by atoms with van der Waals surface area (Å²) in [6.45, 7) is 2.81. The molecule has 3 aromatic rings. The highest BCUT2D eigenvalue weighted by Gasteiger charge is 2.12. The Kier molecular flexibility index (Phi) is 4.85. The van der Waals surface area contributed by atoms with Crippen LogP contribution in [0.2, 0.25) is 0 Å². The molecule has 0 amide bonds. The number of methoxy groups -OCH3 is 1. The van der Waals surface area contributed by atoms with E-state index in [2.05, 4.69) is 47.3 Å². The fraction of sp³-hybridized carbons (Fsp3) is 0.250. The van der Waals surface area contributed by atoms with E-state index in [9.17, 15) is 0 Å². The molecule has 0 saturated heterocycles. The van der Waals surface area contributed by atoms with Gasteiger partial charge in [-0.3, -0.25) is 0 Å². The monoisotopic (exact) mass is 321 g/mol. The van der Waals surface area contributed by atoms with Crippen molar-refractivity contribution in [2.45, 2.75) is 13.3 Å². The van der Waals surface area contributed by atoms with Crippen LogP contribution in [-0.4, -0.2) is 23.2 Å². The lowest BCUT2D eigenvalue weighted by atomic mass is 10.1. The maximum Gasteiger partial charge on any atom is 0.142 e. The van der Waals surface area contributed by atoms with Gasteiger partial charge in [0.15, 0.2) is 0 Å². The molecule has 1 N–H and O–H groups in total. The number of ether oxygens (including phenoxy) is 1. The molecule has 1 aromatic heterocycles. The molecule has 2 aromatic carbocycles. The second kappa shape index (κ2) is 7.21. The van der Waals surface area contributed by atoms with Crippen molar-refractivity contribution in [3.63, 3.8) is 0 Å². The molecule has 4 nitrogen and oxygen atoms in total. The Morgan fingerprint density at radius 3 is 2.71 bits per heavy atom. The lowest BCUT2D eigenvalue weighted by Crippen LogP contribution is -2.03.